The standard InChI is InChI=1S/C13H18N4O2/c1-8-5-12(19-16-8)6-14-13(18)7-17-11(4)9(2)10(3)15-17/h5H,6-7H2,1-4H3,(H,14,18). The van der Waals surface area contributed by atoms with E-state index >= 15 is 0 Å². The summed E-state index contributed by atoms with van der Waals surface area (Å²) in [5.41, 5.74) is 3.90. The molecular formula is C13H18N4O2. The molecule has 0 spiro atoms. The van der Waals surface area contributed by atoms with Gasteiger partial charge in [0.15, 0.2) is 5.76 Å². The van der Waals surface area contributed by atoms with E-state index in [1.807, 2.05) is 27.7 Å². The highest BCUT2D eigenvalue weighted by Gasteiger charge is 2.11. The molecule has 2 rings (SSSR count). The summed E-state index contributed by atoms with van der Waals surface area (Å²) in [7, 11) is 0. The molecule has 1 N–H and O–H groups in total. The molecule has 0 bridgehead atoms. The first kappa shape index (κ1) is 13.3. The third kappa shape index (κ3) is 3.01. The van der Waals surface area contributed by atoms with Gasteiger partial charge in [-0.1, -0.05) is 5.16 Å². The van der Waals surface area contributed by atoms with Crippen LogP contribution in [0.15, 0.2) is 10.6 Å². The highest BCUT2D eigenvalue weighted by atomic mass is 16.5. The van der Waals surface area contributed by atoms with Crippen LogP contribution in [0, 0.1) is 27.7 Å². The topological polar surface area (TPSA) is 73.0 Å². The number of aryl methyl sites for hydroxylation is 2. The average molecular weight is 262 g/mol. The van der Waals surface area contributed by atoms with Gasteiger partial charge in [-0.15, -0.1) is 0 Å². The Morgan fingerprint density at radius 2 is 2.11 bits per heavy atom. The van der Waals surface area contributed by atoms with Gasteiger partial charge >= 0.3 is 0 Å². The molecule has 0 unspecified atom stereocenters. The van der Waals surface area contributed by atoms with Gasteiger partial charge in [-0.3, -0.25) is 9.48 Å². The molecule has 2 aromatic heterocycles. The summed E-state index contributed by atoms with van der Waals surface area (Å²) >= 11 is 0. The first-order valence-electron chi connectivity index (χ1n) is 6.17. The third-order valence-corrected chi connectivity index (χ3v) is 3.17. The number of carbonyl (C=O) groups is 1. The second-order valence-corrected chi connectivity index (χ2v) is 4.66. The van der Waals surface area contributed by atoms with E-state index in [9.17, 15) is 4.79 Å². The second kappa shape index (κ2) is 5.26. The minimum absolute atomic E-state index is 0.0975. The molecule has 1 amide bonds. The van der Waals surface area contributed by atoms with Crippen molar-refractivity contribution < 1.29 is 9.32 Å². The van der Waals surface area contributed by atoms with E-state index in [0.29, 0.717) is 12.3 Å². The van der Waals surface area contributed by atoms with Gasteiger partial charge in [0.1, 0.15) is 6.54 Å². The van der Waals surface area contributed by atoms with Crippen molar-refractivity contribution >= 4 is 5.91 Å². The van der Waals surface area contributed by atoms with Crippen molar-refractivity contribution in [1.29, 1.82) is 0 Å². The summed E-state index contributed by atoms with van der Waals surface area (Å²) in [5, 5.41) is 10.9. The maximum absolute atomic E-state index is 11.8. The molecule has 6 heteroatoms. The van der Waals surface area contributed by atoms with Gasteiger partial charge in [-0.05, 0) is 33.3 Å². The number of nitrogens with zero attached hydrogens (tertiary/aromatic N) is 3. The Kier molecular flexibility index (Phi) is 3.69. The van der Waals surface area contributed by atoms with Crippen molar-refractivity contribution in [3.8, 4) is 0 Å². The first-order valence-corrected chi connectivity index (χ1v) is 6.17. The van der Waals surface area contributed by atoms with E-state index in [-0.39, 0.29) is 12.5 Å². The third-order valence-electron chi connectivity index (χ3n) is 3.17. The number of hydrogen-bond acceptors (Lipinski definition) is 4. The Labute approximate surface area is 111 Å². The molecule has 0 radical (unpaired) electrons. The molecule has 0 aliphatic heterocycles. The van der Waals surface area contributed by atoms with Gasteiger partial charge < -0.3 is 9.84 Å². The van der Waals surface area contributed by atoms with Gasteiger partial charge in [-0.2, -0.15) is 5.10 Å². The molecular weight excluding hydrogens is 244 g/mol. The maximum atomic E-state index is 11.8. The van der Waals surface area contributed by atoms with E-state index in [1.165, 1.54) is 0 Å². The maximum Gasteiger partial charge on any atom is 0.242 e. The van der Waals surface area contributed by atoms with E-state index < -0.39 is 0 Å². The summed E-state index contributed by atoms with van der Waals surface area (Å²) in [5.74, 6) is 0.551. The van der Waals surface area contributed by atoms with Gasteiger partial charge in [-0.25, -0.2) is 0 Å². The van der Waals surface area contributed by atoms with Gasteiger partial charge in [0.25, 0.3) is 0 Å². The molecule has 2 aromatic rings. The van der Waals surface area contributed by atoms with Gasteiger partial charge in [0.2, 0.25) is 5.91 Å². The van der Waals surface area contributed by atoms with Gasteiger partial charge in [0.05, 0.1) is 17.9 Å². The van der Waals surface area contributed by atoms with E-state index in [4.69, 9.17) is 4.52 Å². The quantitative estimate of drug-likeness (QED) is 0.904. The number of amides is 1. The number of rotatable bonds is 4. The molecule has 6 nitrogen and oxygen atoms in total. The lowest BCUT2D eigenvalue weighted by atomic mass is 10.2. The van der Waals surface area contributed by atoms with Crippen LogP contribution in [-0.2, 0) is 17.9 Å². The molecule has 0 aliphatic carbocycles. The Balaban J connectivity index is 1.92. The highest BCUT2D eigenvalue weighted by Crippen LogP contribution is 2.10. The largest absolute Gasteiger partial charge is 0.359 e. The predicted molar refractivity (Wildman–Crippen MR) is 69.5 cm³/mol. The van der Waals surface area contributed by atoms with Crippen LogP contribution in [0.25, 0.3) is 0 Å². The lowest BCUT2D eigenvalue weighted by Crippen LogP contribution is -2.27. The lowest BCUT2D eigenvalue weighted by Gasteiger charge is -2.05. The molecule has 0 aromatic carbocycles. The van der Waals surface area contributed by atoms with Crippen molar-refractivity contribution in [1.82, 2.24) is 20.3 Å². The van der Waals surface area contributed by atoms with Crippen LogP contribution in [-0.4, -0.2) is 20.8 Å². The van der Waals surface area contributed by atoms with Crippen LogP contribution in [0.3, 0.4) is 0 Å². The normalized spacial score (nSPS) is 10.7. The van der Waals surface area contributed by atoms with Crippen molar-refractivity contribution in [2.45, 2.75) is 40.8 Å². The number of carbonyl (C=O) groups excluding carboxylic acids is 1. The summed E-state index contributed by atoms with van der Waals surface area (Å²) in [6, 6.07) is 1.80. The van der Waals surface area contributed by atoms with Crippen LogP contribution in [0.4, 0.5) is 0 Å². The van der Waals surface area contributed by atoms with Crippen molar-refractivity contribution in [3.63, 3.8) is 0 Å². The Hall–Kier alpha value is -2.11. The van der Waals surface area contributed by atoms with Crippen LogP contribution in [0.1, 0.15) is 28.4 Å². The smallest absolute Gasteiger partial charge is 0.242 e. The Bertz CT molecular complexity index is 598. The molecule has 0 atom stereocenters. The summed E-state index contributed by atoms with van der Waals surface area (Å²) < 4.78 is 6.74. The zero-order valence-electron chi connectivity index (χ0n) is 11.6. The predicted octanol–water partition coefficient (Wildman–Crippen LogP) is 1.42. The monoisotopic (exact) mass is 262 g/mol. The van der Waals surface area contributed by atoms with Crippen LogP contribution >= 0.6 is 0 Å². The lowest BCUT2D eigenvalue weighted by molar-refractivity contribution is -0.122. The fourth-order valence-electron chi connectivity index (χ4n) is 1.82. The first-order chi connectivity index (χ1) is 8.97. The summed E-state index contributed by atoms with van der Waals surface area (Å²) in [6.45, 7) is 8.30. The molecule has 19 heavy (non-hydrogen) atoms. The molecule has 102 valence electrons. The van der Waals surface area contributed by atoms with Crippen molar-refractivity contribution in [2.75, 3.05) is 0 Å². The van der Waals surface area contributed by atoms with Crippen LogP contribution in [0.5, 0.6) is 0 Å². The number of aromatic nitrogens is 3. The van der Waals surface area contributed by atoms with E-state index in [1.54, 1.807) is 10.7 Å². The Morgan fingerprint density at radius 1 is 1.37 bits per heavy atom. The zero-order valence-corrected chi connectivity index (χ0v) is 11.6. The molecule has 0 fully saturated rings. The zero-order chi connectivity index (χ0) is 14.0. The molecule has 2 heterocycles. The molecule has 0 saturated carbocycles. The molecule has 0 saturated heterocycles. The summed E-state index contributed by atoms with van der Waals surface area (Å²) in [4.78, 5) is 11.8. The summed E-state index contributed by atoms with van der Waals surface area (Å²) in [6.07, 6.45) is 0. The highest BCUT2D eigenvalue weighted by molar-refractivity contribution is 5.75. The SMILES string of the molecule is Cc1cc(CNC(=O)Cn2nc(C)c(C)c2C)on1. The number of nitrogens with one attached hydrogen (secondary N) is 1. The van der Waals surface area contributed by atoms with E-state index in [2.05, 4.69) is 15.6 Å². The van der Waals surface area contributed by atoms with Crippen molar-refractivity contribution in [2.24, 2.45) is 0 Å². The second-order valence-electron chi connectivity index (χ2n) is 4.66. The minimum Gasteiger partial charge on any atom is -0.359 e. The average Bonchev–Trinajstić information content (AvgIpc) is 2.88. The minimum atomic E-state index is -0.0975. The van der Waals surface area contributed by atoms with Crippen LogP contribution < -0.4 is 5.32 Å². The Morgan fingerprint density at radius 3 is 2.63 bits per heavy atom. The van der Waals surface area contributed by atoms with Gasteiger partial charge in [0, 0.05) is 11.8 Å². The fourth-order valence-corrected chi connectivity index (χ4v) is 1.82. The van der Waals surface area contributed by atoms with E-state index in [0.717, 1.165) is 22.6 Å². The van der Waals surface area contributed by atoms with Crippen molar-refractivity contribution in [3.05, 3.63) is 34.5 Å². The van der Waals surface area contributed by atoms with Crippen LogP contribution in [0.2, 0.25) is 0 Å². The number of hydrogen-bond donors (Lipinski definition) is 1. The fraction of sp³-hybridized carbons (Fsp3) is 0.462. The molecule has 0 aliphatic rings.